The highest BCUT2D eigenvalue weighted by molar-refractivity contribution is 5.28. The van der Waals surface area contributed by atoms with Gasteiger partial charge in [-0.05, 0) is 30.4 Å². The van der Waals surface area contributed by atoms with E-state index in [1.807, 2.05) is 6.08 Å². The second kappa shape index (κ2) is 4.84. The van der Waals surface area contributed by atoms with E-state index >= 15 is 0 Å². The molecular weight excluding hydrogens is 196 g/mol. The smallest absolute Gasteiger partial charge is 0.0896 e. The molecule has 1 nitrogen and oxygen atoms in total. The fourth-order valence-electron chi connectivity index (χ4n) is 2.54. The molecule has 1 aliphatic rings. The van der Waals surface area contributed by atoms with E-state index in [0.717, 1.165) is 37.7 Å². The van der Waals surface area contributed by atoms with Gasteiger partial charge in [0.2, 0.25) is 0 Å². The van der Waals surface area contributed by atoms with Gasteiger partial charge in [0, 0.05) is 0 Å². The van der Waals surface area contributed by atoms with Crippen molar-refractivity contribution in [2.45, 2.75) is 44.1 Å². The summed E-state index contributed by atoms with van der Waals surface area (Å²) in [4.78, 5) is 0. The van der Waals surface area contributed by atoms with Gasteiger partial charge in [0.25, 0.3) is 0 Å². The summed E-state index contributed by atoms with van der Waals surface area (Å²) < 4.78 is 0. The molecule has 1 aromatic carbocycles. The van der Waals surface area contributed by atoms with Crippen molar-refractivity contribution in [3.8, 4) is 0 Å². The summed E-state index contributed by atoms with van der Waals surface area (Å²) >= 11 is 0. The Morgan fingerprint density at radius 2 is 1.75 bits per heavy atom. The monoisotopic (exact) mass is 216 g/mol. The molecule has 1 aromatic rings. The average molecular weight is 216 g/mol. The van der Waals surface area contributed by atoms with Gasteiger partial charge in [-0.3, -0.25) is 0 Å². The minimum atomic E-state index is -0.565. The normalized spacial score (nSPS) is 19.3. The summed E-state index contributed by atoms with van der Waals surface area (Å²) in [5.74, 6) is 0. The molecule has 0 saturated heterocycles. The molecule has 1 heteroatoms. The minimum Gasteiger partial charge on any atom is -0.385 e. The molecule has 1 aliphatic carbocycles. The van der Waals surface area contributed by atoms with Gasteiger partial charge in [0.05, 0.1) is 5.60 Å². The van der Waals surface area contributed by atoms with E-state index in [9.17, 15) is 5.11 Å². The van der Waals surface area contributed by atoms with Crippen molar-refractivity contribution in [3.63, 3.8) is 0 Å². The molecule has 0 spiro atoms. The highest BCUT2D eigenvalue weighted by Gasteiger charge is 2.30. The van der Waals surface area contributed by atoms with E-state index in [-0.39, 0.29) is 0 Å². The maximum Gasteiger partial charge on any atom is 0.0896 e. The molecule has 2 rings (SSSR count). The van der Waals surface area contributed by atoms with E-state index in [0.29, 0.717) is 0 Å². The second-order valence-corrected chi connectivity index (χ2v) is 4.78. The molecule has 1 N–H and O–H groups in total. The number of hydrogen-bond donors (Lipinski definition) is 1. The second-order valence-electron chi connectivity index (χ2n) is 4.78. The van der Waals surface area contributed by atoms with Gasteiger partial charge in [-0.25, -0.2) is 0 Å². The van der Waals surface area contributed by atoms with Gasteiger partial charge >= 0.3 is 0 Å². The molecule has 86 valence electrons. The molecule has 0 radical (unpaired) electrons. The van der Waals surface area contributed by atoms with Crippen LogP contribution in [0.1, 0.15) is 43.2 Å². The lowest BCUT2D eigenvalue weighted by Gasteiger charge is -2.32. The molecule has 0 bridgehead atoms. The quantitative estimate of drug-likeness (QED) is 0.766. The molecule has 16 heavy (non-hydrogen) atoms. The van der Waals surface area contributed by atoms with Crippen LogP contribution in [0.5, 0.6) is 0 Å². The first-order chi connectivity index (χ1) is 7.74. The van der Waals surface area contributed by atoms with Crippen LogP contribution in [0.4, 0.5) is 0 Å². The fourth-order valence-corrected chi connectivity index (χ4v) is 2.54. The number of rotatable bonds is 3. The molecule has 1 fully saturated rings. The maximum absolute atomic E-state index is 10.5. The van der Waals surface area contributed by atoms with Crippen LogP contribution in [0.3, 0.4) is 0 Å². The zero-order valence-electron chi connectivity index (χ0n) is 9.78. The summed E-state index contributed by atoms with van der Waals surface area (Å²) in [7, 11) is 0. The van der Waals surface area contributed by atoms with Crippen LogP contribution in [-0.2, 0) is 12.0 Å². The van der Waals surface area contributed by atoms with Crippen LogP contribution < -0.4 is 0 Å². The van der Waals surface area contributed by atoms with Crippen LogP contribution in [0.15, 0.2) is 36.9 Å². The van der Waals surface area contributed by atoms with Crippen molar-refractivity contribution in [2.24, 2.45) is 0 Å². The standard InChI is InChI=1S/C15H20O/c1-2-6-13-7-9-14(10-8-13)15(16)11-4-3-5-12-15/h2,7-10,16H,1,3-6,11-12H2. The Morgan fingerprint density at radius 1 is 1.12 bits per heavy atom. The Balaban J connectivity index is 2.16. The van der Waals surface area contributed by atoms with Crippen LogP contribution in [0.2, 0.25) is 0 Å². The Kier molecular flexibility index (Phi) is 3.45. The lowest BCUT2D eigenvalue weighted by atomic mass is 9.79. The highest BCUT2D eigenvalue weighted by atomic mass is 16.3. The molecule has 1 saturated carbocycles. The minimum absolute atomic E-state index is 0.565. The van der Waals surface area contributed by atoms with Crippen LogP contribution in [0.25, 0.3) is 0 Å². The van der Waals surface area contributed by atoms with E-state index in [4.69, 9.17) is 0 Å². The summed E-state index contributed by atoms with van der Waals surface area (Å²) in [5.41, 5.74) is 1.78. The first-order valence-corrected chi connectivity index (χ1v) is 6.17. The van der Waals surface area contributed by atoms with Crippen molar-refractivity contribution < 1.29 is 5.11 Å². The van der Waals surface area contributed by atoms with Crippen LogP contribution in [0, 0.1) is 0 Å². The third kappa shape index (κ3) is 2.35. The summed E-state index contributed by atoms with van der Waals surface area (Å²) in [5, 5.41) is 10.5. The highest BCUT2D eigenvalue weighted by Crippen LogP contribution is 2.36. The first kappa shape index (κ1) is 11.4. The number of allylic oxidation sites excluding steroid dienone is 1. The molecule has 0 aliphatic heterocycles. The third-order valence-electron chi connectivity index (χ3n) is 3.55. The van der Waals surface area contributed by atoms with E-state index in [2.05, 4.69) is 30.8 Å². The Hall–Kier alpha value is -1.08. The molecule has 0 amide bonds. The predicted octanol–water partition coefficient (Wildman–Crippen LogP) is 3.57. The Morgan fingerprint density at radius 3 is 2.31 bits per heavy atom. The predicted molar refractivity (Wildman–Crippen MR) is 67.3 cm³/mol. The van der Waals surface area contributed by atoms with Gasteiger partial charge in [-0.15, -0.1) is 6.58 Å². The van der Waals surface area contributed by atoms with Crippen molar-refractivity contribution in [1.82, 2.24) is 0 Å². The van der Waals surface area contributed by atoms with E-state index < -0.39 is 5.60 Å². The number of aliphatic hydroxyl groups is 1. The Labute approximate surface area is 97.8 Å². The summed E-state index contributed by atoms with van der Waals surface area (Å²) in [6.45, 7) is 3.73. The third-order valence-corrected chi connectivity index (χ3v) is 3.55. The largest absolute Gasteiger partial charge is 0.385 e. The maximum atomic E-state index is 10.5. The van der Waals surface area contributed by atoms with Gasteiger partial charge in [-0.2, -0.15) is 0 Å². The van der Waals surface area contributed by atoms with Crippen molar-refractivity contribution in [1.29, 1.82) is 0 Å². The molecule has 0 aromatic heterocycles. The lowest BCUT2D eigenvalue weighted by Crippen LogP contribution is -2.28. The Bertz CT molecular complexity index is 344. The molecule has 0 atom stereocenters. The number of hydrogen-bond acceptors (Lipinski definition) is 1. The van der Waals surface area contributed by atoms with Crippen LogP contribution >= 0.6 is 0 Å². The van der Waals surface area contributed by atoms with Crippen molar-refractivity contribution in [3.05, 3.63) is 48.0 Å². The van der Waals surface area contributed by atoms with E-state index in [1.165, 1.54) is 12.0 Å². The van der Waals surface area contributed by atoms with Crippen molar-refractivity contribution in [2.75, 3.05) is 0 Å². The average Bonchev–Trinajstić information content (AvgIpc) is 2.31. The topological polar surface area (TPSA) is 20.2 Å². The van der Waals surface area contributed by atoms with Gasteiger partial charge in [0.1, 0.15) is 0 Å². The summed E-state index contributed by atoms with van der Waals surface area (Å²) in [6, 6.07) is 8.35. The van der Waals surface area contributed by atoms with Crippen molar-refractivity contribution >= 4 is 0 Å². The summed E-state index contributed by atoms with van der Waals surface area (Å²) in [6.07, 6.45) is 8.18. The SMILES string of the molecule is C=CCc1ccc(C2(O)CCCCC2)cc1. The van der Waals surface area contributed by atoms with E-state index in [1.54, 1.807) is 0 Å². The molecule has 0 heterocycles. The lowest BCUT2D eigenvalue weighted by molar-refractivity contribution is -0.000633. The fraction of sp³-hybridized carbons (Fsp3) is 0.467. The molecular formula is C15H20O. The number of benzene rings is 1. The van der Waals surface area contributed by atoms with Gasteiger partial charge < -0.3 is 5.11 Å². The molecule has 0 unspecified atom stereocenters. The zero-order chi connectivity index (χ0) is 11.4. The van der Waals surface area contributed by atoms with Gasteiger partial charge in [-0.1, -0.05) is 49.6 Å². The van der Waals surface area contributed by atoms with Crippen LogP contribution in [-0.4, -0.2) is 5.11 Å². The zero-order valence-corrected chi connectivity index (χ0v) is 9.78. The van der Waals surface area contributed by atoms with Gasteiger partial charge in [0.15, 0.2) is 0 Å². The first-order valence-electron chi connectivity index (χ1n) is 6.17.